The molecule has 0 saturated carbocycles. The summed E-state index contributed by atoms with van der Waals surface area (Å²) in [6.07, 6.45) is 1.47. The van der Waals surface area contributed by atoms with Gasteiger partial charge < -0.3 is 8.94 Å². The predicted octanol–water partition coefficient (Wildman–Crippen LogP) is 3.66. The molecule has 1 N–H and O–H groups in total. The third kappa shape index (κ3) is 3.14. The van der Waals surface area contributed by atoms with Crippen LogP contribution >= 0.6 is 0 Å². The minimum atomic E-state index is -3.75. The maximum absolute atomic E-state index is 12.6. The maximum Gasteiger partial charge on any atom is 0.265 e. The zero-order chi connectivity index (χ0) is 16.6. The zero-order valence-electron chi connectivity index (χ0n) is 13.0. The minimum Gasteiger partial charge on any atom is -0.456 e. The molecule has 0 radical (unpaired) electrons. The number of furan rings is 1. The van der Waals surface area contributed by atoms with E-state index in [0.29, 0.717) is 17.2 Å². The molecule has 0 aliphatic heterocycles. The number of nitrogens with zero attached hydrogens (tertiary/aromatic N) is 1. The lowest BCUT2D eigenvalue weighted by Crippen LogP contribution is -2.13. The lowest BCUT2D eigenvalue weighted by Gasteiger charge is -2.08. The maximum atomic E-state index is 12.6. The smallest absolute Gasteiger partial charge is 0.265 e. The van der Waals surface area contributed by atoms with E-state index in [9.17, 15) is 8.42 Å². The molecule has 0 spiro atoms. The molecule has 0 saturated heterocycles. The highest BCUT2D eigenvalue weighted by atomic mass is 32.2. The number of nitrogens with one attached hydrogen (secondary N) is 1. The summed E-state index contributed by atoms with van der Waals surface area (Å²) in [5.74, 6) is 0.982. The molecule has 0 unspecified atom stereocenters. The van der Waals surface area contributed by atoms with E-state index in [2.05, 4.69) is 9.88 Å². The van der Waals surface area contributed by atoms with Gasteiger partial charge in [-0.2, -0.15) is 0 Å². The van der Waals surface area contributed by atoms with E-state index in [4.69, 9.17) is 8.94 Å². The summed E-state index contributed by atoms with van der Waals surface area (Å²) in [5.41, 5.74) is 2.48. The van der Waals surface area contributed by atoms with Crippen molar-refractivity contribution in [3.63, 3.8) is 0 Å². The SMILES string of the molecule is Cc1cc(C)cc(NS(=O)(=O)c2cc(-c3ccno3)oc2C)c1. The van der Waals surface area contributed by atoms with Gasteiger partial charge in [0.15, 0.2) is 5.76 Å². The van der Waals surface area contributed by atoms with Crippen molar-refractivity contribution in [2.45, 2.75) is 25.7 Å². The van der Waals surface area contributed by atoms with Crippen molar-refractivity contribution in [2.24, 2.45) is 0 Å². The summed E-state index contributed by atoms with van der Waals surface area (Å²) >= 11 is 0. The number of rotatable bonds is 4. The summed E-state index contributed by atoms with van der Waals surface area (Å²) in [7, 11) is -3.75. The van der Waals surface area contributed by atoms with E-state index in [1.165, 1.54) is 12.3 Å². The second kappa shape index (κ2) is 5.58. The Morgan fingerprint density at radius 1 is 1.00 bits per heavy atom. The fourth-order valence-electron chi connectivity index (χ4n) is 2.44. The Kier molecular flexibility index (Phi) is 3.73. The summed E-state index contributed by atoms with van der Waals surface area (Å²) in [4.78, 5) is 0.0723. The highest BCUT2D eigenvalue weighted by Crippen LogP contribution is 2.29. The van der Waals surface area contributed by atoms with E-state index < -0.39 is 10.0 Å². The van der Waals surface area contributed by atoms with Gasteiger partial charge in [0.2, 0.25) is 5.76 Å². The third-order valence-corrected chi connectivity index (χ3v) is 4.81. The molecule has 120 valence electrons. The summed E-state index contributed by atoms with van der Waals surface area (Å²) in [6, 6.07) is 8.56. The molecule has 7 heteroatoms. The van der Waals surface area contributed by atoms with E-state index in [1.807, 2.05) is 19.9 Å². The second-order valence-corrected chi connectivity index (χ2v) is 7.04. The Bertz CT molecular complexity index is 920. The van der Waals surface area contributed by atoms with Crippen LogP contribution in [0, 0.1) is 20.8 Å². The predicted molar refractivity (Wildman–Crippen MR) is 85.7 cm³/mol. The molecule has 3 aromatic rings. The van der Waals surface area contributed by atoms with Crippen LogP contribution in [0.5, 0.6) is 0 Å². The first-order valence-corrected chi connectivity index (χ1v) is 8.46. The van der Waals surface area contributed by atoms with Crippen LogP contribution in [0.2, 0.25) is 0 Å². The molecular weight excluding hydrogens is 316 g/mol. The Labute approximate surface area is 134 Å². The Morgan fingerprint density at radius 3 is 2.30 bits per heavy atom. The largest absolute Gasteiger partial charge is 0.456 e. The summed E-state index contributed by atoms with van der Waals surface area (Å²) in [6.45, 7) is 5.42. The lowest BCUT2D eigenvalue weighted by molar-refractivity contribution is 0.414. The van der Waals surface area contributed by atoms with E-state index in [-0.39, 0.29) is 10.7 Å². The van der Waals surface area contributed by atoms with Gasteiger partial charge in [-0.05, 0) is 44.0 Å². The van der Waals surface area contributed by atoms with Crippen molar-refractivity contribution >= 4 is 15.7 Å². The Hall–Kier alpha value is -2.54. The molecule has 0 fully saturated rings. The third-order valence-electron chi connectivity index (χ3n) is 3.32. The monoisotopic (exact) mass is 332 g/mol. The highest BCUT2D eigenvalue weighted by Gasteiger charge is 2.23. The standard InChI is InChI=1S/C16H16N2O4S/c1-10-6-11(2)8-13(7-10)18-23(19,20)16-9-15(21-12(16)3)14-4-5-17-22-14/h4-9,18H,1-3H3. The fourth-order valence-corrected chi connectivity index (χ4v) is 3.66. The molecule has 0 atom stereocenters. The van der Waals surface area contributed by atoms with E-state index in [1.54, 1.807) is 25.1 Å². The first-order valence-electron chi connectivity index (χ1n) is 6.98. The van der Waals surface area contributed by atoms with Crippen LogP contribution in [0.25, 0.3) is 11.5 Å². The Balaban J connectivity index is 1.97. The fraction of sp³-hybridized carbons (Fsp3) is 0.188. The van der Waals surface area contributed by atoms with Crippen molar-refractivity contribution in [2.75, 3.05) is 4.72 Å². The number of anilines is 1. The van der Waals surface area contributed by atoms with Gasteiger partial charge in [-0.3, -0.25) is 4.72 Å². The molecular formula is C16H16N2O4S. The molecule has 23 heavy (non-hydrogen) atoms. The van der Waals surface area contributed by atoms with Crippen LogP contribution in [-0.2, 0) is 10.0 Å². The minimum absolute atomic E-state index is 0.0723. The van der Waals surface area contributed by atoms with Crippen LogP contribution in [0.15, 0.2) is 50.4 Å². The molecule has 2 heterocycles. The van der Waals surface area contributed by atoms with Crippen molar-refractivity contribution in [3.8, 4) is 11.5 Å². The van der Waals surface area contributed by atoms with Crippen LogP contribution in [0.3, 0.4) is 0 Å². The number of sulfonamides is 1. The van der Waals surface area contributed by atoms with Crippen LogP contribution < -0.4 is 4.72 Å². The van der Waals surface area contributed by atoms with Gasteiger partial charge in [0.25, 0.3) is 10.0 Å². The summed E-state index contributed by atoms with van der Waals surface area (Å²) < 4.78 is 38.3. The summed E-state index contributed by atoms with van der Waals surface area (Å²) in [5, 5.41) is 3.59. The number of aromatic nitrogens is 1. The Morgan fingerprint density at radius 2 is 1.70 bits per heavy atom. The molecule has 2 aromatic heterocycles. The quantitative estimate of drug-likeness (QED) is 0.788. The molecule has 1 aromatic carbocycles. The second-order valence-electron chi connectivity index (χ2n) is 5.39. The number of benzene rings is 1. The zero-order valence-corrected chi connectivity index (χ0v) is 13.8. The highest BCUT2D eigenvalue weighted by molar-refractivity contribution is 7.92. The molecule has 0 amide bonds. The van der Waals surface area contributed by atoms with E-state index >= 15 is 0 Å². The number of hydrogen-bond acceptors (Lipinski definition) is 5. The van der Waals surface area contributed by atoms with Gasteiger partial charge in [-0.25, -0.2) is 8.42 Å². The van der Waals surface area contributed by atoms with Gasteiger partial charge in [-0.1, -0.05) is 11.2 Å². The van der Waals surface area contributed by atoms with Crippen molar-refractivity contribution < 1.29 is 17.4 Å². The molecule has 6 nitrogen and oxygen atoms in total. The van der Waals surface area contributed by atoms with E-state index in [0.717, 1.165) is 11.1 Å². The topological polar surface area (TPSA) is 85.3 Å². The van der Waals surface area contributed by atoms with Crippen molar-refractivity contribution in [1.29, 1.82) is 0 Å². The number of aryl methyl sites for hydroxylation is 3. The van der Waals surface area contributed by atoms with Gasteiger partial charge >= 0.3 is 0 Å². The van der Waals surface area contributed by atoms with Crippen molar-refractivity contribution in [3.05, 3.63) is 53.4 Å². The average molecular weight is 332 g/mol. The van der Waals surface area contributed by atoms with Gasteiger partial charge in [0.05, 0.1) is 6.20 Å². The molecule has 0 bridgehead atoms. The molecule has 0 aliphatic carbocycles. The normalized spacial score (nSPS) is 11.6. The first-order chi connectivity index (χ1) is 10.8. The molecule has 0 aliphatic rings. The van der Waals surface area contributed by atoms with Gasteiger partial charge in [0.1, 0.15) is 10.7 Å². The molecule has 3 rings (SSSR count). The van der Waals surface area contributed by atoms with Crippen molar-refractivity contribution in [1.82, 2.24) is 5.16 Å². The van der Waals surface area contributed by atoms with Crippen LogP contribution in [-0.4, -0.2) is 13.6 Å². The lowest BCUT2D eigenvalue weighted by atomic mass is 10.1. The number of hydrogen-bond donors (Lipinski definition) is 1. The average Bonchev–Trinajstić information content (AvgIpc) is 3.05. The van der Waals surface area contributed by atoms with Crippen LogP contribution in [0.4, 0.5) is 5.69 Å². The van der Waals surface area contributed by atoms with Gasteiger partial charge in [-0.15, -0.1) is 0 Å². The van der Waals surface area contributed by atoms with Crippen LogP contribution in [0.1, 0.15) is 16.9 Å². The van der Waals surface area contributed by atoms with Gasteiger partial charge in [0, 0.05) is 17.8 Å². The first kappa shape index (κ1) is 15.4.